The highest BCUT2D eigenvalue weighted by Crippen LogP contribution is 1.98. The number of benzene rings is 1. The molecule has 0 atom stereocenters. The molecule has 0 saturated carbocycles. The van der Waals surface area contributed by atoms with Crippen LogP contribution in [0.3, 0.4) is 0 Å². The van der Waals surface area contributed by atoms with Crippen molar-refractivity contribution in [1.82, 2.24) is 0 Å². The molecule has 0 bridgehead atoms. The second-order valence-electron chi connectivity index (χ2n) is 3.25. The average Bonchev–Trinajstić information content (AvgIpc) is 2.21. The molecule has 0 aromatic heterocycles. The minimum atomic E-state index is 0.654. The van der Waals surface area contributed by atoms with Crippen LogP contribution in [0.1, 0.15) is 26.3 Å². The predicted molar refractivity (Wildman–Crippen MR) is 64.3 cm³/mol. The Hall–Kier alpha value is -0.715. The second kappa shape index (κ2) is 6.76. The number of hydrogen-bond donors (Lipinski definition) is 0. The van der Waals surface area contributed by atoms with Gasteiger partial charge in [-0.15, -0.1) is 0 Å². The van der Waals surface area contributed by atoms with Crippen molar-refractivity contribution in [2.45, 2.75) is 40.8 Å². The number of rotatable bonds is 2. The summed E-state index contributed by atoms with van der Waals surface area (Å²) in [5.41, 5.74) is 2.89. The lowest BCUT2D eigenvalue weighted by atomic mass is 9.49. The molecular formula is C12H21B. The molecule has 0 nitrogen and oxygen atoms in total. The molecule has 1 rings (SSSR count). The summed E-state index contributed by atoms with van der Waals surface area (Å²) in [4.78, 5) is 0. The summed E-state index contributed by atoms with van der Waals surface area (Å²) < 4.78 is 0. The van der Waals surface area contributed by atoms with Crippen molar-refractivity contribution < 1.29 is 0 Å². The standard InChI is InChI=1S/C10H15B.C2H6/c1-4-9-6-5-7-10(8-9)11(2)3;1-2/h5-8H,4H2,1-3H3;1-2H3. The zero-order valence-corrected chi connectivity index (χ0v) is 9.59. The van der Waals surface area contributed by atoms with E-state index in [1.807, 2.05) is 13.8 Å². The third kappa shape index (κ3) is 4.16. The highest BCUT2D eigenvalue weighted by Gasteiger charge is 2.01. The maximum atomic E-state index is 2.30. The molecule has 0 N–H and O–H groups in total. The van der Waals surface area contributed by atoms with Crippen molar-refractivity contribution >= 4 is 12.2 Å². The Morgan fingerprint density at radius 2 is 1.77 bits per heavy atom. The van der Waals surface area contributed by atoms with Gasteiger partial charge in [-0.2, -0.15) is 0 Å². The van der Waals surface area contributed by atoms with E-state index in [0.29, 0.717) is 6.71 Å². The lowest BCUT2D eigenvalue weighted by Crippen LogP contribution is -2.22. The van der Waals surface area contributed by atoms with Crippen molar-refractivity contribution in [3.8, 4) is 0 Å². The first kappa shape index (κ1) is 12.3. The normalized spacial score (nSPS) is 8.69. The Morgan fingerprint density at radius 3 is 2.23 bits per heavy atom. The van der Waals surface area contributed by atoms with Crippen LogP contribution >= 0.6 is 0 Å². The first-order valence-electron chi connectivity index (χ1n) is 5.33. The Labute approximate surface area is 83.4 Å². The summed E-state index contributed by atoms with van der Waals surface area (Å²) >= 11 is 0. The summed E-state index contributed by atoms with van der Waals surface area (Å²) in [7, 11) is 0. The Morgan fingerprint density at radius 1 is 1.15 bits per heavy atom. The fraction of sp³-hybridized carbons (Fsp3) is 0.500. The van der Waals surface area contributed by atoms with E-state index in [1.54, 1.807) is 0 Å². The summed E-state index contributed by atoms with van der Waals surface area (Å²) in [6.07, 6.45) is 1.14. The fourth-order valence-corrected chi connectivity index (χ4v) is 1.17. The molecule has 0 unspecified atom stereocenters. The van der Waals surface area contributed by atoms with Crippen LogP contribution < -0.4 is 5.46 Å². The molecule has 1 aromatic rings. The summed E-state index contributed by atoms with van der Waals surface area (Å²) in [6, 6.07) is 8.83. The molecule has 0 aliphatic carbocycles. The molecule has 0 fully saturated rings. The van der Waals surface area contributed by atoms with E-state index in [-0.39, 0.29) is 0 Å². The van der Waals surface area contributed by atoms with Gasteiger partial charge < -0.3 is 0 Å². The van der Waals surface area contributed by atoms with Crippen molar-refractivity contribution in [3.63, 3.8) is 0 Å². The molecule has 0 aliphatic rings. The monoisotopic (exact) mass is 176 g/mol. The van der Waals surface area contributed by atoms with E-state index >= 15 is 0 Å². The highest BCUT2D eigenvalue weighted by molar-refractivity contribution is 6.70. The number of aryl methyl sites for hydroxylation is 1. The van der Waals surface area contributed by atoms with Gasteiger partial charge in [0, 0.05) is 0 Å². The maximum Gasteiger partial charge on any atom is 0.169 e. The molecule has 13 heavy (non-hydrogen) atoms. The van der Waals surface area contributed by atoms with Crippen LogP contribution in [0, 0.1) is 0 Å². The molecule has 1 heteroatoms. The van der Waals surface area contributed by atoms with Crippen LogP contribution in [-0.2, 0) is 6.42 Å². The van der Waals surface area contributed by atoms with Gasteiger partial charge in [0.05, 0.1) is 0 Å². The molecule has 0 spiro atoms. The SMILES string of the molecule is CC.CCc1cccc(B(C)C)c1. The summed E-state index contributed by atoms with van der Waals surface area (Å²) in [5, 5.41) is 0. The van der Waals surface area contributed by atoms with E-state index in [0.717, 1.165) is 6.42 Å². The molecule has 0 saturated heterocycles. The van der Waals surface area contributed by atoms with Crippen LogP contribution in [0.2, 0.25) is 13.6 Å². The van der Waals surface area contributed by atoms with E-state index in [4.69, 9.17) is 0 Å². The smallest absolute Gasteiger partial charge is 0.0819 e. The minimum Gasteiger partial charge on any atom is -0.0819 e. The average molecular weight is 176 g/mol. The first-order valence-corrected chi connectivity index (χ1v) is 5.33. The van der Waals surface area contributed by atoms with Gasteiger partial charge >= 0.3 is 0 Å². The van der Waals surface area contributed by atoms with Crippen molar-refractivity contribution in [2.24, 2.45) is 0 Å². The van der Waals surface area contributed by atoms with Crippen molar-refractivity contribution in [3.05, 3.63) is 29.8 Å². The van der Waals surface area contributed by atoms with Crippen LogP contribution in [0.25, 0.3) is 0 Å². The van der Waals surface area contributed by atoms with Crippen LogP contribution in [0.4, 0.5) is 0 Å². The maximum absolute atomic E-state index is 2.30. The fourth-order valence-electron chi connectivity index (χ4n) is 1.17. The van der Waals surface area contributed by atoms with E-state index in [2.05, 4.69) is 44.8 Å². The first-order chi connectivity index (χ1) is 6.24. The lowest BCUT2D eigenvalue weighted by molar-refractivity contribution is 1.14. The number of hydrogen-bond acceptors (Lipinski definition) is 0. The quantitative estimate of drug-likeness (QED) is 0.607. The summed E-state index contributed by atoms with van der Waals surface area (Å²) in [6.45, 7) is 11.3. The molecule has 0 radical (unpaired) electrons. The van der Waals surface area contributed by atoms with Crippen molar-refractivity contribution in [2.75, 3.05) is 0 Å². The van der Waals surface area contributed by atoms with Gasteiger partial charge in [-0.25, -0.2) is 0 Å². The lowest BCUT2D eigenvalue weighted by Gasteiger charge is -2.03. The van der Waals surface area contributed by atoms with E-state index in [1.165, 1.54) is 11.0 Å². The third-order valence-electron chi connectivity index (χ3n) is 2.03. The van der Waals surface area contributed by atoms with Crippen LogP contribution in [-0.4, -0.2) is 6.71 Å². The topological polar surface area (TPSA) is 0 Å². The minimum absolute atomic E-state index is 0.654. The Kier molecular flexibility index (Phi) is 6.39. The van der Waals surface area contributed by atoms with Gasteiger partial charge in [-0.05, 0) is 12.0 Å². The second-order valence-corrected chi connectivity index (χ2v) is 3.25. The molecule has 0 amide bonds. The van der Waals surface area contributed by atoms with E-state index in [9.17, 15) is 0 Å². The third-order valence-corrected chi connectivity index (χ3v) is 2.03. The van der Waals surface area contributed by atoms with Gasteiger partial charge in [0.2, 0.25) is 0 Å². The van der Waals surface area contributed by atoms with Crippen molar-refractivity contribution in [1.29, 1.82) is 0 Å². The zero-order chi connectivity index (χ0) is 10.3. The highest BCUT2D eigenvalue weighted by atomic mass is 13.9. The van der Waals surface area contributed by atoms with Gasteiger partial charge in [0.25, 0.3) is 0 Å². The van der Waals surface area contributed by atoms with Gasteiger partial charge in [-0.3, -0.25) is 0 Å². The van der Waals surface area contributed by atoms with Crippen LogP contribution in [0.15, 0.2) is 24.3 Å². The Bertz CT molecular complexity index is 228. The molecule has 0 heterocycles. The van der Waals surface area contributed by atoms with Gasteiger partial charge in [0.1, 0.15) is 0 Å². The van der Waals surface area contributed by atoms with Gasteiger partial charge in [-0.1, -0.05) is 64.1 Å². The largest absolute Gasteiger partial charge is 0.169 e. The molecule has 72 valence electrons. The molecule has 1 aromatic carbocycles. The molecule has 0 aliphatic heterocycles. The zero-order valence-electron chi connectivity index (χ0n) is 9.59. The summed E-state index contributed by atoms with van der Waals surface area (Å²) in [5.74, 6) is 0. The van der Waals surface area contributed by atoms with E-state index < -0.39 is 0 Å². The predicted octanol–water partition coefficient (Wildman–Crippen LogP) is 3.24. The molecular weight excluding hydrogens is 155 g/mol. The van der Waals surface area contributed by atoms with Gasteiger partial charge in [0.15, 0.2) is 6.71 Å². The van der Waals surface area contributed by atoms with Crippen LogP contribution in [0.5, 0.6) is 0 Å². The Balaban J connectivity index is 0.000000671.